The van der Waals surface area contributed by atoms with E-state index in [2.05, 4.69) is 4.74 Å². The highest BCUT2D eigenvalue weighted by atomic mass is 19.4. The first kappa shape index (κ1) is 17.1. The second kappa shape index (κ2) is 5.83. The van der Waals surface area contributed by atoms with E-state index in [1.807, 2.05) is 20.8 Å². The first-order chi connectivity index (χ1) is 9.39. The van der Waals surface area contributed by atoms with Gasteiger partial charge in [0.2, 0.25) is 0 Å². The molecule has 1 aromatic rings. The van der Waals surface area contributed by atoms with Gasteiger partial charge in [-0.25, -0.2) is 0 Å². The van der Waals surface area contributed by atoms with Crippen LogP contribution in [0.4, 0.5) is 18.9 Å². The molecule has 0 aliphatic heterocycles. The molecule has 1 aromatic carbocycles. The second-order valence-corrected chi connectivity index (χ2v) is 6.02. The van der Waals surface area contributed by atoms with Crippen LogP contribution in [0, 0.1) is 5.41 Å². The zero-order valence-electron chi connectivity index (χ0n) is 12.4. The highest BCUT2D eigenvalue weighted by molar-refractivity contribution is 5.95. The Labute approximate surface area is 121 Å². The maximum atomic E-state index is 12.2. The van der Waals surface area contributed by atoms with E-state index in [0.717, 1.165) is 6.07 Å². The summed E-state index contributed by atoms with van der Waals surface area (Å²) in [6, 6.07) is 3.49. The Morgan fingerprint density at radius 1 is 1.29 bits per heavy atom. The summed E-state index contributed by atoms with van der Waals surface area (Å²) in [7, 11) is 1.63. The Kier molecular flexibility index (Phi) is 4.76. The third-order valence-electron chi connectivity index (χ3n) is 2.54. The molecule has 1 amide bonds. The van der Waals surface area contributed by atoms with Crippen molar-refractivity contribution in [1.29, 1.82) is 0 Å². The minimum atomic E-state index is -4.82. The Balaban J connectivity index is 2.91. The van der Waals surface area contributed by atoms with Gasteiger partial charge in [-0.3, -0.25) is 4.79 Å². The lowest BCUT2D eigenvalue weighted by Gasteiger charge is -2.26. The number of carbonyl (C=O) groups is 1. The third-order valence-corrected chi connectivity index (χ3v) is 2.54. The molecule has 0 atom stereocenters. The van der Waals surface area contributed by atoms with Crippen LogP contribution in [-0.4, -0.2) is 30.8 Å². The van der Waals surface area contributed by atoms with Crippen LogP contribution < -0.4 is 10.5 Å². The topological polar surface area (TPSA) is 55.6 Å². The van der Waals surface area contributed by atoms with Crippen molar-refractivity contribution in [2.24, 2.45) is 5.41 Å². The Morgan fingerprint density at radius 2 is 1.86 bits per heavy atom. The number of anilines is 1. The van der Waals surface area contributed by atoms with Gasteiger partial charge in [-0.05, 0) is 23.6 Å². The van der Waals surface area contributed by atoms with Gasteiger partial charge in [0.1, 0.15) is 0 Å². The van der Waals surface area contributed by atoms with Crippen molar-refractivity contribution in [3.8, 4) is 5.75 Å². The summed E-state index contributed by atoms with van der Waals surface area (Å²) >= 11 is 0. The zero-order valence-corrected chi connectivity index (χ0v) is 12.4. The van der Waals surface area contributed by atoms with Gasteiger partial charge in [-0.1, -0.05) is 20.8 Å². The van der Waals surface area contributed by atoms with E-state index >= 15 is 0 Å². The standard InChI is InChI=1S/C14H19F3N2O2/c1-13(2,3)8-19(4)12(20)9-5-6-11(10(18)7-9)21-14(15,16)17/h5-7H,8,18H2,1-4H3. The molecule has 0 spiro atoms. The summed E-state index contributed by atoms with van der Waals surface area (Å²) in [6.07, 6.45) is -4.82. The van der Waals surface area contributed by atoms with Crippen LogP contribution in [-0.2, 0) is 0 Å². The molecule has 0 radical (unpaired) electrons. The fourth-order valence-corrected chi connectivity index (χ4v) is 1.90. The quantitative estimate of drug-likeness (QED) is 0.872. The number of alkyl halides is 3. The van der Waals surface area contributed by atoms with Gasteiger partial charge in [-0.2, -0.15) is 0 Å². The Morgan fingerprint density at radius 3 is 2.29 bits per heavy atom. The normalized spacial score (nSPS) is 12.1. The molecular weight excluding hydrogens is 285 g/mol. The molecule has 0 bridgehead atoms. The molecule has 1 rings (SSSR count). The molecule has 0 saturated heterocycles. The Bertz CT molecular complexity index is 522. The molecule has 2 N–H and O–H groups in total. The summed E-state index contributed by atoms with van der Waals surface area (Å²) < 4.78 is 40.2. The van der Waals surface area contributed by atoms with Crippen molar-refractivity contribution in [3.05, 3.63) is 23.8 Å². The van der Waals surface area contributed by atoms with E-state index < -0.39 is 12.1 Å². The molecule has 0 aliphatic rings. The molecule has 0 saturated carbocycles. The van der Waals surface area contributed by atoms with E-state index in [9.17, 15) is 18.0 Å². The number of nitrogen functional groups attached to an aromatic ring is 1. The van der Waals surface area contributed by atoms with E-state index in [4.69, 9.17) is 5.73 Å². The molecule has 0 heterocycles. The predicted octanol–water partition coefficient (Wildman–Crippen LogP) is 3.29. The number of amides is 1. The smallest absolute Gasteiger partial charge is 0.404 e. The summed E-state index contributed by atoms with van der Waals surface area (Å²) in [5.41, 5.74) is 5.39. The number of hydrogen-bond acceptors (Lipinski definition) is 3. The maximum absolute atomic E-state index is 12.2. The molecule has 0 unspecified atom stereocenters. The second-order valence-electron chi connectivity index (χ2n) is 6.02. The van der Waals surface area contributed by atoms with Gasteiger partial charge >= 0.3 is 6.36 Å². The number of nitrogens with two attached hydrogens (primary N) is 1. The van der Waals surface area contributed by atoms with Gasteiger partial charge in [0, 0.05) is 19.2 Å². The lowest BCUT2D eigenvalue weighted by molar-refractivity contribution is -0.274. The van der Waals surface area contributed by atoms with Gasteiger partial charge in [-0.15, -0.1) is 13.2 Å². The van der Waals surface area contributed by atoms with Crippen molar-refractivity contribution in [1.82, 2.24) is 4.90 Å². The van der Waals surface area contributed by atoms with E-state index in [1.54, 1.807) is 7.05 Å². The largest absolute Gasteiger partial charge is 0.573 e. The van der Waals surface area contributed by atoms with Crippen molar-refractivity contribution in [2.75, 3.05) is 19.3 Å². The monoisotopic (exact) mass is 304 g/mol. The van der Waals surface area contributed by atoms with Crippen molar-refractivity contribution >= 4 is 11.6 Å². The van der Waals surface area contributed by atoms with Crippen molar-refractivity contribution in [3.63, 3.8) is 0 Å². The number of nitrogens with zero attached hydrogens (tertiary/aromatic N) is 1. The third kappa shape index (κ3) is 5.53. The SMILES string of the molecule is CN(CC(C)(C)C)C(=O)c1ccc(OC(F)(F)F)c(N)c1. The van der Waals surface area contributed by atoms with E-state index in [1.165, 1.54) is 17.0 Å². The van der Waals surface area contributed by atoms with Crippen molar-refractivity contribution in [2.45, 2.75) is 27.1 Å². The predicted molar refractivity (Wildman–Crippen MR) is 74.0 cm³/mol. The first-order valence-corrected chi connectivity index (χ1v) is 6.30. The molecular formula is C14H19F3N2O2. The average Bonchev–Trinajstić information content (AvgIpc) is 2.27. The number of benzene rings is 1. The zero-order chi connectivity index (χ0) is 16.4. The average molecular weight is 304 g/mol. The first-order valence-electron chi connectivity index (χ1n) is 6.30. The number of hydrogen-bond donors (Lipinski definition) is 1. The molecule has 118 valence electrons. The van der Waals surface area contributed by atoms with Crippen LogP contribution in [0.25, 0.3) is 0 Å². The highest BCUT2D eigenvalue weighted by Gasteiger charge is 2.32. The van der Waals surface area contributed by atoms with Gasteiger partial charge < -0.3 is 15.4 Å². The highest BCUT2D eigenvalue weighted by Crippen LogP contribution is 2.29. The fraction of sp³-hybridized carbons (Fsp3) is 0.500. The lowest BCUT2D eigenvalue weighted by Crippen LogP contribution is -2.34. The molecule has 0 fully saturated rings. The minimum absolute atomic E-state index is 0.0880. The molecule has 4 nitrogen and oxygen atoms in total. The fourth-order valence-electron chi connectivity index (χ4n) is 1.90. The van der Waals surface area contributed by atoms with Crippen LogP contribution in [0.3, 0.4) is 0 Å². The number of carbonyl (C=O) groups excluding carboxylic acids is 1. The minimum Gasteiger partial charge on any atom is -0.404 e. The van der Waals surface area contributed by atoms with Crippen LogP contribution >= 0.6 is 0 Å². The van der Waals surface area contributed by atoms with E-state index in [0.29, 0.717) is 6.54 Å². The van der Waals surface area contributed by atoms with Crippen LogP contribution in [0.1, 0.15) is 31.1 Å². The summed E-state index contributed by atoms with van der Waals surface area (Å²) in [4.78, 5) is 13.7. The van der Waals surface area contributed by atoms with E-state index in [-0.39, 0.29) is 22.6 Å². The van der Waals surface area contributed by atoms with Gasteiger partial charge in [0.15, 0.2) is 5.75 Å². The van der Waals surface area contributed by atoms with Crippen LogP contribution in [0.15, 0.2) is 18.2 Å². The number of ether oxygens (including phenoxy) is 1. The summed E-state index contributed by atoms with van der Waals surface area (Å²) in [6.45, 7) is 6.44. The summed E-state index contributed by atoms with van der Waals surface area (Å²) in [5.74, 6) is -0.826. The van der Waals surface area contributed by atoms with Crippen molar-refractivity contribution < 1.29 is 22.7 Å². The molecule has 21 heavy (non-hydrogen) atoms. The Hall–Kier alpha value is -1.92. The lowest BCUT2D eigenvalue weighted by atomic mass is 9.96. The van der Waals surface area contributed by atoms with Gasteiger partial charge in [0.05, 0.1) is 5.69 Å². The molecule has 0 aliphatic carbocycles. The summed E-state index contributed by atoms with van der Waals surface area (Å²) in [5, 5.41) is 0. The van der Waals surface area contributed by atoms with Gasteiger partial charge in [0.25, 0.3) is 5.91 Å². The van der Waals surface area contributed by atoms with Crippen LogP contribution in [0.2, 0.25) is 0 Å². The molecule has 7 heteroatoms. The van der Waals surface area contributed by atoms with Crippen LogP contribution in [0.5, 0.6) is 5.75 Å². The number of halogens is 3. The molecule has 0 aromatic heterocycles. The maximum Gasteiger partial charge on any atom is 0.573 e. The number of rotatable bonds is 3.